The van der Waals surface area contributed by atoms with Crippen molar-refractivity contribution in [3.63, 3.8) is 0 Å². The van der Waals surface area contributed by atoms with Gasteiger partial charge in [0.15, 0.2) is 6.61 Å². The Kier molecular flexibility index (Phi) is 7.32. The molecule has 1 fully saturated rings. The van der Waals surface area contributed by atoms with Gasteiger partial charge in [-0.05, 0) is 37.8 Å². The molecule has 1 amide bonds. The molecular weight excluding hydrogens is 375 g/mol. The van der Waals surface area contributed by atoms with Gasteiger partial charge in [0.2, 0.25) is 10.0 Å². The van der Waals surface area contributed by atoms with Crippen LogP contribution in [-0.2, 0) is 24.3 Å². The molecule has 0 aliphatic heterocycles. The normalized spacial score (nSPS) is 21.3. The zero-order valence-electron chi connectivity index (χ0n) is 15.4. The van der Waals surface area contributed by atoms with Crippen molar-refractivity contribution in [2.24, 2.45) is 5.92 Å². The molecule has 0 bridgehead atoms. The average Bonchev–Trinajstić information content (AvgIpc) is 2.61. The van der Waals surface area contributed by atoms with Crippen LogP contribution < -0.4 is 10.0 Å². The number of ether oxygens (including phenoxy) is 1. The molecule has 1 aliphatic carbocycles. The molecule has 2 N–H and O–H groups in total. The first-order valence-corrected chi connectivity index (χ1v) is 10.4. The van der Waals surface area contributed by atoms with Gasteiger partial charge in [-0.15, -0.1) is 0 Å². The van der Waals surface area contributed by atoms with Gasteiger partial charge in [0.1, 0.15) is 16.8 Å². The summed E-state index contributed by atoms with van der Waals surface area (Å²) in [6, 6.07) is 3.62. The highest BCUT2D eigenvalue weighted by molar-refractivity contribution is 7.89. The first-order valence-electron chi connectivity index (χ1n) is 8.93. The van der Waals surface area contributed by atoms with E-state index in [0.29, 0.717) is 5.92 Å². The van der Waals surface area contributed by atoms with Gasteiger partial charge in [-0.2, -0.15) is 4.72 Å². The molecule has 150 valence electrons. The van der Waals surface area contributed by atoms with Gasteiger partial charge in [0.05, 0.1) is 0 Å². The lowest BCUT2D eigenvalue weighted by Gasteiger charge is -2.29. The van der Waals surface area contributed by atoms with E-state index in [1.807, 2.05) is 0 Å². The van der Waals surface area contributed by atoms with Crippen LogP contribution in [0.2, 0.25) is 0 Å². The number of sulfonamides is 1. The molecule has 3 atom stereocenters. The maximum absolute atomic E-state index is 13.7. The number of carbonyl (C=O) groups excluding carboxylic acids is 2. The van der Waals surface area contributed by atoms with E-state index in [1.54, 1.807) is 0 Å². The van der Waals surface area contributed by atoms with Crippen molar-refractivity contribution in [2.75, 3.05) is 6.61 Å². The summed E-state index contributed by atoms with van der Waals surface area (Å²) < 4.78 is 44.9. The number of rotatable bonds is 7. The van der Waals surface area contributed by atoms with Crippen LogP contribution >= 0.6 is 0 Å². The fourth-order valence-electron chi connectivity index (χ4n) is 3.05. The highest BCUT2D eigenvalue weighted by atomic mass is 32.2. The van der Waals surface area contributed by atoms with Crippen LogP contribution in [0, 0.1) is 11.7 Å². The molecule has 0 spiro atoms. The maximum Gasteiger partial charge on any atom is 0.324 e. The summed E-state index contributed by atoms with van der Waals surface area (Å²) in [6.45, 7) is 2.84. The van der Waals surface area contributed by atoms with Gasteiger partial charge in [0.25, 0.3) is 5.91 Å². The summed E-state index contributed by atoms with van der Waals surface area (Å²) in [4.78, 5) is 23.4. The number of hydrogen-bond acceptors (Lipinski definition) is 5. The monoisotopic (exact) mass is 400 g/mol. The van der Waals surface area contributed by atoms with Gasteiger partial charge < -0.3 is 10.1 Å². The molecule has 1 aromatic carbocycles. The van der Waals surface area contributed by atoms with E-state index in [2.05, 4.69) is 17.0 Å². The Hall–Kier alpha value is -2.00. The standard InChI is InChI=1S/C18H25FN2O5S/c1-12-7-3-5-9-15(12)20-17(22)11-26-18(23)13(2)21-27(24,25)16-10-6-4-8-14(16)19/h4,6,8,10,12-13,15,21H,3,5,7,9,11H2,1-2H3,(H,20,22)/t12-,13+,15+/m1/s1. The van der Waals surface area contributed by atoms with E-state index >= 15 is 0 Å². The Morgan fingerprint density at radius 2 is 1.93 bits per heavy atom. The lowest BCUT2D eigenvalue weighted by Crippen LogP contribution is -2.44. The summed E-state index contributed by atoms with van der Waals surface area (Å²) in [7, 11) is -4.23. The minimum atomic E-state index is -4.23. The van der Waals surface area contributed by atoms with Crippen LogP contribution in [0.15, 0.2) is 29.2 Å². The Morgan fingerprint density at radius 1 is 1.26 bits per heavy atom. The molecule has 1 saturated carbocycles. The van der Waals surface area contributed by atoms with Crippen molar-refractivity contribution in [3.05, 3.63) is 30.1 Å². The van der Waals surface area contributed by atoms with E-state index in [9.17, 15) is 22.4 Å². The third-order valence-corrected chi connectivity index (χ3v) is 6.19. The smallest absolute Gasteiger partial charge is 0.324 e. The number of benzene rings is 1. The van der Waals surface area contributed by atoms with Crippen molar-refractivity contribution in [1.82, 2.24) is 10.0 Å². The van der Waals surface area contributed by atoms with Gasteiger partial charge in [-0.25, -0.2) is 12.8 Å². The predicted octanol–water partition coefficient (Wildman–Crippen LogP) is 1.73. The SMILES string of the molecule is C[C@H](NS(=O)(=O)c1ccccc1F)C(=O)OCC(=O)N[C@H]1CCCC[C@H]1C. The molecule has 1 aromatic rings. The van der Waals surface area contributed by atoms with Crippen molar-refractivity contribution < 1.29 is 27.1 Å². The van der Waals surface area contributed by atoms with Crippen molar-refractivity contribution >= 4 is 21.9 Å². The number of hydrogen-bond donors (Lipinski definition) is 2. The van der Waals surface area contributed by atoms with E-state index in [4.69, 9.17) is 4.74 Å². The molecule has 0 unspecified atom stereocenters. The molecule has 2 rings (SSSR count). The van der Waals surface area contributed by atoms with E-state index in [-0.39, 0.29) is 6.04 Å². The lowest BCUT2D eigenvalue weighted by atomic mass is 9.86. The average molecular weight is 400 g/mol. The van der Waals surface area contributed by atoms with Crippen LogP contribution in [0.4, 0.5) is 4.39 Å². The van der Waals surface area contributed by atoms with Crippen LogP contribution in [-0.4, -0.2) is 39.0 Å². The van der Waals surface area contributed by atoms with Crippen molar-refractivity contribution in [1.29, 1.82) is 0 Å². The minimum Gasteiger partial charge on any atom is -0.454 e. The summed E-state index contributed by atoms with van der Waals surface area (Å²) in [5.41, 5.74) is 0. The van der Waals surface area contributed by atoms with Crippen LogP contribution in [0.3, 0.4) is 0 Å². The third kappa shape index (κ3) is 6.00. The fourth-order valence-corrected chi connectivity index (χ4v) is 4.32. The minimum absolute atomic E-state index is 0.0573. The highest BCUT2D eigenvalue weighted by Crippen LogP contribution is 2.23. The van der Waals surface area contributed by atoms with Crippen LogP contribution in [0.1, 0.15) is 39.5 Å². The highest BCUT2D eigenvalue weighted by Gasteiger charge is 2.27. The molecule has 0 heterocycles. The topological polar surface area (TPSA) is 102 Å². The van der Waals surface area contributed by atoms with Gasteiger partial charge >= 0.3 is 5.97 Å². The van der Waals surface area contributed by atoms with E-state index < -0.39 is 45.3 Å². The summed E-state index contributed by atoms with van der Waals surface area (Å²) in [5, 5.41) is 2.84. The second kappa shape index (κ2) is 9.27. The summed E-state index contributed by atoms with van der Waals surface area (Å²) in [6.07, 6.45) is 4.12. The number of amides is 1. The third-order valence-electron chi connectivity index (χ3n) is 4.62. The Labute approximate surface area is 158 Å². The summed E-state index contributed by atoms with van der Waals surface area (Å²) in [5.74, 6) is -1.90. The molecular formula is C18H25FN2O5S. The second-order valence-corrected chi connectivity index (χ2v) is 8.50. The molecule has 0 saturated heterocycles. The Morgan fingerprint density at radius 3 is 2.59 bits per heavy atom. The zero-order valence-corrected chi connectivity index (χ0v) is 16.2. The molecule has 9 heteroatoms. The maximum atomic E-state index is 13.7. The largest absolute Gasteiger partial charge is 0.454 e. The number of halogens is 1. The second-order valence-electron chi connectivity index (χ2n) is 6.82. The van der Waals surface area contributed by atoms with Gasteiger partial charge in [-0.1, -0.05) is 31.9 Å². The van der Waals surface area contributed by atoms with Gasteiger partial charge in [-0.3, -0.25) is 9.59 Å². The number of carbonyl (C=O) groups is 2. The lowest BCUT2D eigenvalue weighted by molar-refractivity contribution is -0.150. The Balaban J connectivity index is 1.84. The Bertz CT molecular complexity index is 784. The van der Waals surface area contributed by atoms with Gasteiger partial charge in [0, 0.05) is 6.04 Å². The molecule has 7 nitrogen and oxygen atoms in total. The first kappa shape index (κ1) is 21.3. The molecule has 27 heavy (non-hydrogen) atoms. The first-order chi connectivity index (χ1) is 12.7. The fraction of sp³-hybridized carbons (Fsp3) is 0.556. The summed E-state index contributed by atoms with van der Waals surface area (Å²) >= 11 is 0. The van der Waals surface area contributed by atoms with Crippen molar-refractivity contribution in [3.8, 4) is 0 Å². The van der Waals surface area contributed by atoms with Crippen LogP contribution in [0.25, 0.3) is 0 Å². The van der Waals surface area contributed by atoms with Crippen molar-refractivity contribution in [2.45, 2.75) is 56.5 Å². The molecule has 0 aromatic heterocycles. The van der Waals surface area contributed by atoms with E-state index in [0.717, 1.165) is 37.8 Å². The quantitative estimate of drug-likeness (QED) is 0.679. The molecule has 0 radical (unpaired) electrons. The zero-order chi connectivity index (χ0) is 20.0. The van der Waals surface area contributed by atoms with E-state index in [1.165, 1.54) is 19.1 Å². The number of esters is 1. The van der Waals surface area contributed by atoms with Crippen LogP contribution in [0.5, 0.6) is 0 Å². The predicted molar refractivity (Wildman–Crippen MR) is 96.7 cm³/mol. The molecule has 1 aliphatic rings. The number of nitrogens with one attached hydrogen (secondary N) is 2.